The van der Waals surface area contributed by atoms with Crippen LogP contribution in [0.4, 0.5) is 0 Å². The van der Waals surface area contributed by atoms with Crippen LogP contribution >= 0.6 is 11.8 Å². The Morgan fingerprint density at radius 3 is 2.81 bits per heavy atom. The monoisotopic (exact) mass is 240 g/mol. The molecule has 0 bridgehead atoms. The van der Waals surface area contributed by atoms with Crippen molar-refractivity contribution in [1.82, 2.24) is 19.7 Å². The number of hydrogen-bond donors (Lipinski definition) is 0. The van der Waals surface area contributed by atoms with Crippen molar-refractivity contribution in [3.05, 3.63) is 6.33 Å². The molecular weight excluding hydrogens is 224 g/mol. The van der Waals surface area contributed by atoms with Crippen molar-refractivity contribution in [3.63, 3.8) is 0 Å². The number of carbonyl (C=O) groups is 1. The van der Waals surface area contributed by atoms with Crippen LogP contribution in [0, 0.1) is 0 Å². The molecule has 1 saturated heterocycles. The first kappa shape index (κ1) is 11.4. The van der Waals surface area contributed by atoms with Gasteiger partial charge in [-0.05, 0) is 19.3 Å². The summed E-state index contributed by atoms with van der Waals surface area (Å²) in [4.78, 5) is 13.8. The molecule has 0 atom stereocenters. The van der Waals surface area contributed by atoms with E-state index in [1.165, 1.54) is 18.2 Å². The molecule has 1 aliphatic heterocycles. The highest BCUT2D eigenvalue weighted by Crippen LogP contribution is 2.16. The average Bonchev–Trinajstić information content (AvgIpc) is 2.73. The van der Waals surface area contributed by atoms with Crippen molar-refractivity contribution in [2.45, 2.75) is 24.4 Å². The van der Waals surface area contributed by atoms with Crippen molar-refractivity contribution in [2.24, 2.45) is 7.05 Å². The maximum absolute atomic E-state index is 11.9. The van der Waals surface area contributed by atoms with Gasteiger partial charge >= 0.3 is 0 Å². The van der Waals surface area contributed by atoms with E-state index in [1.54, 1.807) is 6.33 Å². The van der Waals surface area contributed by atoms with Crippen LogP contribution in [-0.4, -0.2) is 44.4 Å². The smallest absolute Gasteiger partial charge is 0.233 e. The van der Waals surface area contributed by atoms with Crippen LogP contribution in [0.5, 0.6) is 0 Å². The van der Waals surface area contributed by atoms with Gasteiger partial charge in [0.2, 0.25) is 5.91 Å². The molecule has 5 nitrogen and oxygen atoms in total. The zero-order chi connectivity index (χ0) is 11.4. The molecule has 2 rings (SSSR count). The maximum Gasteiger partial charge on any atom is 0.233 e. The minimum Gasteiger partial charge on any atom is -0.342 e. The highest BCUT2D eigenvalue weighted by atomic mass is 32.2. The normalized spacial score (nSPS) is 16.4. The molecule has 0 aliphatic carbocycles. The Kier molecular flexibility index (Phi) is 3.82. The van der Waals surface area contributed by atoms with Crippen LogP contribution in [0.1, 0.15) is 19.3 Å². The first-order valence-corrected chi connectivity index (χ1v) is 6.50. The lowest BCUT2D eigenvalue weighted by Crippen LogP contribution is -2.36. The minimum absolute atomic E-state index is 0.215. The number of aromatic nitrogens is 3. The Morgan fingerprint density at radius 2 is 2.19 bits per heavy atom. The number of thioether (sulfide) groups is 1. The van der Waals surface area contributed by atoms with Crippen LogP contribution < -0.4 is 0 Å². The summed E-state index contributed by atoms with van der Waals surface area (Å²) in [7, 11) is 1.88. The van der Waals surface area contributed by atoms with Crippen molar-refractivity contribution in [1.29, 1.82) is 0 Å². The molecule has 0 saturated carbocycles. The lowest BCUT2D eigenvalue weighted by atomic mass is 10.1. The largest absolute Gasteiger partial charge is 0.342 e. The predicted molar refractivity (Wildman–Crippen MR) is 62.2 cm³/mol. The highest BCUT2D eigenvalue weighted by Gasteiger charge is 2.17. The first-order valence-electron chi connectivity index (χ1n) is 5.52. The molecular formula is C10H16N4OS. The molecule has 16 heavy (non-hydrogen) atoms. The Bertz CT molecular complexity index is 359. The molecule has 1 fully saturated rings. The summed E-state index contributed by atoms with van der Waals surface area (Å²) in [6, 6.07) is 0. The van der Waals surface area contributed by atoms with Gasteiger partial charge in [-0.15, -0.1) is 10.2 Å². The van der Waals surface area contributed by atoms with Crippen molar-refractivity contribution in [3.8, 4) is 0 Å². The lowest BCUT2D eigenvalue weighted by Gasteiger charge is -2.26. The van der Waals surface area contributed by atoms with Crippen LogP contribution in [0.3, 0.4) is 0 Å². The predicted octanol–water partition coefficient (Wildman–Crippen LogP) is 0.920. The summed E-state index contributed by atoms with van der Waals surface area (Å²) in [6.07, 6.45) is 5.18. The van der Waals surface area contributed by atoms with Crippen molar-refractivity contribution >= 4 is 17.7 Å². The molecule has 1 amide bonds. The van der Waals surface area contributed by atoms with E-state index in [9.17, 15) is 4.79 Å². The van der Waals surface area contributed by atoms with E-state index in [2.05, 4.69) is 10.2 Å². The first-order chi connectivity index (χ1) is 7.77. The zero-order valence-electron chi connectivity index (χ0n) is 9.43. The summed E-state index contributed by atoms with van der Waals surface area (Å²) >= 11 is 1.45. The number of rotatable bonds is 3. The van der Waals surface area contributed by atoms with E-state index >= 15 is 0 Å². The van der Waals surface area contributed by atoms with Crippen LogP contribution in [0.15, 0.2) is 11.5 Å². The van der Waals surface area contributed by atoms with Gasteiger partial charge in [-0.25, -0.2) is 0 Å². The summed E-state index contributed by atoms with van der Waals surface area (Å²) in [5.74, 6) is 0.680. The Labute approximate surface area is 99.2 Å². The third-order valence-electron chi connectivity index (χ3n) is 2.70. The Morgan fingerprint density at radius 1 is 1.44 bits per heavy atom. The van der Waals surface area contributed by atoms with E-state index < -0.39 is 0 Å². The minimum atomic E-state index is 0.215. The molecule has 1 aromatic rings. The second-order valence-electron chi connectivity index (χ2n) is 3.95. The molecule has 6 heteroatoms. The molecule has 0 unspecified atom stereocenters. The summed E-state index contributed by atoms with van der Waals surface area (Å²) < 4.78 is 1.83. The summed E-state index contributed by atoms with van der Waals surface area (Å²) in [6.45, 7) is 1.83. The fourth-order valence-corrected chi connectivity index (χ4v) is 2.55. The lowest BCUT2D eigenvalue weighted by molar-refractivity contribution is -0.129. The van der Waals surface area contributed by atoms with Gasteiger partial charge < -0.3 is 9.47 Å². The third-order valence-corrected chi connectivity index (χ3v) is 3.72. The van der Waals surface area contributed by atoms with Crippen molar-refractivity contribution < 1.29 is 4.79 Å². The molecule has 88 valence electrons. The summed E-state index contributed by atoms with van der Waals surface area (Å²) in [5.41, 5.74) is 0. The standard InChI is InChI=1S/C10H16N4OS/c1-13-8-11-12-10(13)16-7-9(15)14-5-3-2-4-6-14/h8H,2-7H2,1H3. The van der Waals surface area contributed by atoms with Crippen LogP contribution in [0.2, 0.25) is 0 Å². The van der Waals surface area contributed by atoms with Gasteiger partial charge in [0, 0.05) is 20.1 Å². The van der Waals surface area contributed by atoms with Crippen molar-refractivity contribution in [2.75, 3.05) is 18.8 Å². The van der Waals surface area contributed by atoms with Gasteiger partial charge in [0.15, 0.2) is 5.16 Å². The quantitative estimate of drug-likeness (QED) is 0.737. The zero-order valence-corrected chi connectivity index (χ0v) is 10.2. The summed E-state index contributed by atoms with van der Waals surface area (Å²) in [5, 5.41) is 8.51. The fraction of sp³-hybridized carbons (Fsp3) is 0.700. The Balaban J connectivity index is 1.81. The molecule has 0 spiro atoms. The van der Waals surface area contributed by atoms with Gasteiger partial charge in [0.05, 0.1) is 5.75 Å². The molecule has 0 N–H and O–H groups in total. The Hall–Kier alpha value is -1.04. The van der Waals surface area contributed by atoms with Gasteiger partial charge in [-0.1, -0.05) is 11.8 Å². The molecule has 0 radical (unpaired) electrons. The number of carbonyl (C=O) groups excluding carboxylic acids is 1. The maximum atomic E-state index is 11.9. The van der Waals surface area contributed by atoms with E-state index in [4.69, 9.17) is 0 Å². The fourth-order valence-electron chi connectivity index (χ4n) is 1.76. The molecule has 1 aliphatic rings. The number of hydrogen-bond acceptors (Lipinski definition) is 4. The van der Waals surface area contributed by atoms with Crippen LogP contribution in [-0.2, 0) is 11.8 Å². The van der Waals surface area contributed by atoms with E-state index in [1.807, 2.05) is 16.5 Å². The molecule has 0 aromatic carbocycles. The second-order valence-corrected chi connectivity index (χ2v) is 4.90. The number of amides is 1. The van der Waals surface area contributed by atoms with E-state index in [0.717, 1.165) is 31.1 Å². The van der Waals surface area contributed by atoms with Gasteiger partial charge in [-0.2, -0.15) is 0 Å². The number of likely N-dealkylation sites (tertiary alicyclic amines) is 1. The van der Waals surface area contributed by atoms with Crippen LogP contribution in [0.25, 0.3) is 0 Å². The van der Waals surface area contributed by atoms with E-state index in [-0.39, 0.29) is 5.91 Å². The van der Waals surface area contributed by atoms with E-state index in [0.29, 0.717) is 5.75 Å². The number of nitrogens with zero attached hydrogens (tertiary/aromatic N) is 4. The third kappa shape index (κ3) is 2.75. The number of aryl methyl sites for hydroxylation is 1. The van der Waals surface area contributed by atoms with Gasteiger partial charge in [0.1, 0.15) is 6.33 Å². The topological polar surface area (TPSA) is 51.0 Å². The van der Waals surface area contributed by atoms with Gasteiger partial charge in [0.25, 0.3) is 0 Å². The number of piperidine rings is 1. The molecule has 2 heterocycles. The average molecular weight is 240 g/mol. The second kappa shape index (κ2) is 5.34. The van der Waals surface area contributed by atoms with Gasteiger partial charge in [-0.3, -0.25) is 4.79 Å². The molecule has 1 aromatic heterocycles. The highest BCUT2D eigenvalue weighted by molar-refractivity contribution is 7.99. The SMILES string of the molecule is Cn1cnnc1SCC(=O)N1CCCCC1.